The van der Waals surface area contributed by atoms with Crippen molar-refractivity contribution in [1.29, 1.82) is 0 Å². The van der Waals surface area contributed by atoms with Gasteiger partial charge in [0.15, 0.2) is 0 Å². The number of benzene rings is 1. The summed E-state index contributed by atoms with van der Waals surface area (Å²) in [4.78, 5) is 2.52. The lowest BCUT2D eigenvalue weighted by Gasteiger charge is -2.24. The van der Waals surface area contributed by atoms with Crippen molar-refractivity contribution in [2.75, 3.05) is 39.4 Å². The van der Waals surface area contributed by atoms with Crippen LogP contribution < -0.4 is 5.32 Å². The van der Waals surface area contributed by atoms with Gasteiger partial charge in [0.1, 0.15) is 0 Å². The van der Waals surface area contributed by atoms with Gasteiger partial charge < -0.3 is 10.1 Å². The van der Waals surface area contributed by atoms with Crippen LogP contribution in [-0.4, -0.2) is 44.3 Å². The van der Waals surface area contributed by atoms with E-state index < -0.39 is 0 Å². The topological polar surface area (TPSA) is 24.5 Å². The molecule has 0 amide bonds. The highest BCUT2D eigenvalue weighted by atomic mass is 16.5. The van der Waals surface area contributed by atoms with Crippen LogP contribution in [0, 0.1) is 0 Å². The lowest BCUT2D eigenvalue weighted by molar-refractivity contribution is 0.103. The fourth-order valence-electron chi connectivity index (χ4n) is 2.54. The average molecular weight is 262 g/mol. The van der Waals surface area contributed by atoms with Crippen molar-refractivity contribution in [3.05, 3.63) is 35.9 Å². The minimum atomic E-state index is 0.454. The first-order valence-corrected chi connectivity index (χ1v) is 7.48. The Morgan fingerprint density at radius 2 is 2.11 bits per heavy atom. The molecular weight excluding hydrogens is 236 g/mol. The van der Waals surface area contributed by atoms with Gasteiger partial charge in [-0.1, -0.05) is 37.3 Å². The molecule has 1 fully saturated rings. The summed E-state index contributed by atoms with van der Waals surface area (Å²) in [5.74, 6) is 0. The summed E-state index contributed by atoms with van der Waals surface area (Å²) >= 11 is 0. The SMILES string of the molecule is CCCOCCN1CCCNC(c2ccccc2)C1. The Morgan fingerprint density at radius 3 is 2.89 bits per heavy atom. The Balaban J connectivity index is 1.84. The van der Waals surface area contributed by atoms with Crippen molar-refractivity contribution in [2.45, 2.75) is 25.8 Å². The van der Waals surface area contributed by atoms with Crippen molar-refractivity contribution in [3.63, 3.8) is 0 Å². The third-order valence-electron chi connectivity index (χ3n) is 3.58. The summed E-state index contributed by atoms with van der Waals surface area (Å²) < 4.78 is 5.61. The molecule has 0 saturated carbocycles. The smallest absolute Gasteiger partial charge is 0.0593 e. The van der Waals surface area contributed by atoms with Gasteiger partial charge in [-0.2, -0.15) is 0 Å². The molecule has 0 spiro atoms. The number of hydrogen-bond acceptors (Lipinski definition) is 3. The molecule has 1 unspecified atom stereocenters. The zero-order valence-electron chi connectivity index (χ0n) is 12.0. The van der Waals surface area contributed by atoms with Gasteiger partial charge in [-0.3, -0.25) is 4.90 Å². The highest BCUT2D eigenvalue weighted by Gasteiger charge is 2.18. The van der Waals surface area contributed by atoms with Crippen LogP contribution in [0.3, 0.4) is 0 Å². The van der Waals surface area contributed by atoms with E-state index in [-0.39, 0.29) is 0 Å². The molecule has 1 heterocycles. The molecule has 0 aliphatic carbocycles. The summed E-state index contributed by atoms with van der Waals surface area (Å²) in [5, 5.41) is 3.65. The fourth-order valence-corrected chi connectivity index (χ4v) is 2.54. The van der Waals surface area contributed by atoms with Gasteiger partial charge in [-0.15, -0.1) is 0 Å². The predicted octanol–water partition coefficient (Wildman–Crippen LogP) is 2.45. The summed E-state index contributed by atoms with van der Waals surface area (Å²) in [6.45, 7) is 8.30. The molecule has 1 atom stereocenters. The van der Waals surface area contributed by atoms with Crippen molar-refractivity contribution < 1.29 is 4.74 Å². The van der Waals surface area contributed by atoms with E-state index in [4.69, 9.17) is 4.74 Å². The standard InChI is InChI=1S/C16H26N2O/c1-2-12-19-13-11-18-10-6-9-17-16(14-18)15-7-4-3-5-8-15/h3-5,7-8,16-17H,2,6,9-14H2,1H3. The maximum atomic E-state index is 5.61. The molecule has 19 heavy (non-hydrogen) atoms. The van der Waals surface area contributed by atoms with Crippen LogP contribution in [0.1, 0.15) is 31.4 Å². The van der Waals surface area contributed by atoms with Crippen molar-refractivity contribution in [2.24, 2.45) is 0 Å². The minimum Gasteiger partial charge on any atom is -0.380 e. The molecule has 3 heteroatoms. The first-order chi connectivity index (χ1) is 9.40. The number of nitrogens with one attached hydrogen (secondary N) is 1. The molecule has 0 bridgehead atoms. The number of ether oxygens (including phenoxy) is 1. The number of hydrogen-bond donors (Lipinski definition) is 1. The Morgan fingerprint density at radius 1 is 1.26 bits per heavy atom. The Bertz CT molecular complexity index is 342. The molecule has 1 saturated heterocycles. The van der Waals surface area contributed by atoms with Crippen LogP contribution in [0.4, 0.5) is 0 Å². The minimum absolute atomic E-state index is 0.454. The van der Waals surface area contributed by atoms with Crippen LogP contribution in [-0.2, 0) is 4.74 Å². The predicted molar refractivity (Wildman–Crippen MR) is 79.4 cm³/mol. The average Bonchev–Trinajstić information content (AvgIpc) is 2.70. The van der Waals surface area contributed by atoms with Gasteiger partial charge in [-0.05, 0) is 31.5 Å². The lowest BCUT2D eigenvalue weighted by Crippen LogP contribution is -2.33. The Kier molecular flexibility index (Phi) is 6.34. The monoisotopic (exact) mass is 262 g/mol. The van der Waals surface area contributed by atoms with E-state index in [0.29, 0.717) is 6.04 Å². The van der Waals surface area contributed by atoms with Gasteiger partial charge in [0, 0.05) is 25.7 Å². The van der Waals surface area contributed by atoms with E-state index in [1.807, 2.05) is 0 Å². The van der Waals surface area contributed by atoms with Crippen LogP contribution in [0.25, 0.3) is 0 Å². The molecule has 106 valence electrons. The quantitative estimate of drug-likeness (QED) is 0.797. The van der Waals surface area contributed by atoms with Gasteiger partial charge >= 0.3 is 0 Å². The van der Waals surface area contributed by atoms with Gasteiger partial charge in [0.2, 0.25) is 0 Å². The summed E-state index contributed by atoms with van der Waals surface area (Å²) in [7, 11) is 0. The third-order valence-corrected chi connectivity index (χ3v) is 3.58. The van der Waals surface area contributed by atoms with Crippen molar-refractivity contribution in [3.8, 4) is 0 Å². The zero-order chi connectivity index (χ0) is 13.3. The normalized spacial score (nSPS) is 21.2. The third kappa shape index (κ3) is 4.94. The highest BCUT2D eigenvalue weighted by Crippen LogP contribution is 2.16. The summed E-state index contributed by atoms with van der Waals surface area (Å²) in [6.07, 6.45) is 2.32. The van der Waals surface area contributed by atoms with E-state index in [9.17, 15) is 0 Å². The Hall–Kier alpha value is -0.900. The summed E-state index contributed by atoms with van der Waals surface area (Å²) in [5.41, 5.74) is 1.39. The molecule has 1 aromatic carbocycles. The van der Waals surface area contributed by atoms with E-state index in [2.05, 4.69) is 47.5 Å². The van der Waals surface area contributed by atoms with E-state index in [1.54, 1.807) is 0 Å². The zero-order valence-corrected chi connectivity index (χ0v) is 12.0. The lowest BCUT2D eigenvalue weighted by atomic mass is 10.1. The van der Waals surface area contributed by atoms with Crippen molar-refractivity contribution >= 4 is 0 Å². The molecule has 1 N–H and O–H groups in total. The molecule has 2 rings (SSSR count). The largest absolute Gasteiger partial charge is 0.380 e. The highest BCUT2D eigenvalue weighted by molar-refractivity contribution is 5.19. The second-order valence-corrected chi connectivity index (χ2v) is 5.18. The number of rotatable bonds is 6. The molecule has 3 nitrogen and oxygen atoms in total. The van der Waals surface area contributed by atoms with Crippen LogP contribution in [0.5, 0.6) is 0 Å². The Labute approximate surface area is 116 Å². The molecule has 1 aromatic rings. The first-order valence-electron chi connectivity index (χ1n) is 7.48. The second kappa shape index (κ2) is 8.31. The first kappa shape index (κ1) is 14.5. The fraction of sp³-hybridized carbons (Fsp3) is 0.625. The molecule has 0 aromatic heterocycles. The van der Waals surface area contributed by atoms with Crippen LogP contribution in [0.2, 0.25) is 0 Å². The maximum absolute atomic E-state index is 5.61. The van der Waals surface area contributed by atoms with Gasteiger partial charge in [0.25, 0.3) is 0 Å². The molecule has 1 aliphatic rings. The van der Waals surface area contributed by atoms with E-state index in [1.165, 1.54) is 18.5 Å². The van der Waals surface area contributed by atoms with Crippen LogP contribution >= 0.6 is 0 Å². The molecule has 0 radical (unpaired) electrons. The van der Waals surface area contributed by atoms with E-state index in [0.717, 1.165) is 39.3 Å². The van der Waals surface area contributed by atoms with Crippen LogP contribution in [0.15, 0.2) is 30.3 Å². The van der Waals surface area contributed by atoms with Gasteiger partial charge in [-0.25, -0.2) is 0 Å². The van der Waals surface area contributed by atoms with Crippen molar-refractivity contribution in [1.82, 2.24) is 10.2 Å². The molecular formula is C16H26N2O. The number of nitrogens with zero attached hydrogens (tertiary/aromatic N) is 1. The van der Waals surface area contributed by atoms with E-state index >= 15 is 0 Å². The summed E-state index contributed by atoms with van der Waals surface area (Å²) in [6, 6.07) is 11.2. The maximum Gasteiger partial charge on any atom is 0.0593 e. The molecule has 1 aliphatic heterocycles. The second-order valence-electron chi connectivity index (χ2n) is 5.18. The van der Waals surface area contributed by atoms with Gasteiger partial charge in [0.05, 0.1) is 6.61 Å².